The number of anilines is 1. The van der Waals surface area contributed by atoms with Crippen LogP contribution in [0.2, 0.25) is 0 Å². The molecule has 0 unspecified atom stereocenters. The fourth-order valence-electron chi connectivity index (χ4n) is 3.74. The third kappa shape index (κ3) is 5.45. The summed E-state index contributed by atoms with van der Waals surface area (Å²) in [4.78, 5) is 38.5. The molecule has 1 N–H and O–H groups in total. The number of ether oxygens (including phenoxy) is 3. The molecule has 9 nitrogen and oxygen atoms in total. The Morgan fingerprint density at radius 1 is 0.816 bits per heavy atom. The first-order chi connectivity index (χ1) is 18.5. The lowest BCUT2D eigenvalue weighted by atomic mass is 10.0. The fourth-order valence-corrected chi connectivity index (χ4v) is 4.28. The molecule has 0 saturated carbocycles. The van der Waals surface area contributed by atoms with Crippen LogP contribution in [-0.2, 0) is 9.53 Å². The summed E-state index contributed by atoms with van der Waals surface area (Å²) in [6.45, 7) is -0.435. The molecule has 38 heavy (non-hydrogen) atoms. The molecule has 2 heterocycles. The highest BCUT2D eigenvalue weighted by atomic mass is 32.1. The number of benzene rings is 3. The van der Waals surface area contributed by atoms with Crippen LogP contribution < -0.4 is 14.8 Å². The van der Waals surface area contributed by atoms with Gasteiger partial charge in [0.1, 0.15) is 11.5 Å². The maximum absolute atomic E-state index is 12.7. The van der Waals surface area contributed by atoms with Crippen molar-refractivity contribution in [3.63, 3.8) is 0 Å². The van der Waals surface area contributed by atoms with Gasteiger partial charge in [0.05, 0.1) is 42.2 Å². The summed E-state index contributed by atoms with van der Waals surface area (Å²) in [6, 6.07) is 20.0. The molecule has 5 rings (SSSR count). The van der Waals surface area contributed by atoms with Crippen LogP contribution >= 0.6 is 11.3 Å². The molecular formula is C28H22N4O5S. The maximum atomic E-state index is 12.7. The molecule has 1 amide bonds. The van der Waals surface area contributed by atoms with Gasteiger partial charge in [0.25, 0.3) is 5.91 Å². The van der Waals surface area contributed by atoms with Crippen molar-refractivity contribution in [2.45, 2.75) is 0 Å². The number of rotatable bonds is 8. The number of nitrogens with zero attached hydrogens (tertiary/aromatic N) is 3. The average molecular weight is 527 g/mol. The van der Waals surface area contributed by atoms with Gasteiger partial charge < -0.3 is 14.2 Å². The van der Waals surface area contributed by atoms with E-state index < -0.39 is 18.5 Å². The number of esters is 1. The molecule has 0 aliphatic heterocycles. The number of carbonyl (C=O) groups is 2. The minimum Gasteiger partial charge on any atom is -0.497 e. The van der Waals surface area contributed by atoms with Gasteiger partial charge in [0.2, 0.25) is 0 Å². The third-order valence-electron chi connectivity index (χ3n) is 5.64. The minimum atomic E-state index is -0.645. The second-order valence-corrected chi connectivity index (χ2v) is 8.94. The van der Waals surface area contributed by atoms with Crippen LogP contribution in [0, 0.1) is 0 Å². The van der Waals surface area contributed by atoms with E-state index in [4.69, 9.17) is 24.2 Å². The average Bonchev–Trinajstić information content (AvgIpc) is 3.48. The van der Waals surface area contributed by atoms with E-state index in [1.807, 2.05) is 48.5 Å². The zero-order valence-electron chi connectivity index (χ0n) is 20.5. The standard InChI is InChI=1S/C28H22N4O5S/c1-35-20-8-3-17(4-9-20)25-26(18-5-10-21(36-2)11-6-18)31-23-15-19(7-12-22(23)30-25)27(34)37-16-24(33)32-28-29-13-14-38-28/h3-15H,16H2,1-2H3,(H,29,32,33). The van der Waals surface area contributed by atoms with E-state index in [2.05, 4.69) is 10.3 Å². The second kappa shape index (κ2) is 11.1. The summed E-state index contributed by atoms with van der Waals surface area (Å²) in [5.74, 6) is 0.336. The summed E-state index contributed by atoms with van der Waals surface area (Å²) in [5, 5.41) is 4.74. The van der Waals surface area contributed by atoms with Gasteiger partial charge in [0.15, 0.2) is 11.7 Å². The van der Waals surface area contributed by atoms with Gasteiger partial charge in [-0.1, -0.05) is 0 Å². The van der Waals surface area contributed by atoms with Crippen molar-refractivity contribution in [2.75, 3.05) is 26.1 Å². The minimum absolute atomic E-state index is 0.256. The summed E-state index contributed by atoms with van der Waals surface area (Å²) in [5.41, 5.74) is 4.38. The van der Waals surface area contributed by atoms with Crippen molar-refractivity contribution in [2.24, 2.45) is 0 Å². The molecule has 0 radical (unpaired) electrons. The van der Waals surface area contributed by atoms with Crippen LogP contribution in [0.5, 0.6) is 11.5 Å². The predicted molar refractivity (Wildman–Crippen MR) is 145 cm³/mol. The van der Waals surface area contributed by atoms with E-state index in [0.717, 1.165) is 22.6 Å². The molecule has 2 aromatic heterocycles. The molecule has 0 atom stereocenters. The number of nitrogens with one attached hydrogen (secondary N) is 1. The highest BCUT2D eigenvalue weighted by Gasteiger charge is 2.17. The molecule has 0 saturated heterocycles. The summed E-state index contributed by atoms with van der Waals surface area (Å²) < 4.78 is 15.8. The molecule has 10 heteroatoms. The number of thiazole rings is 1. The van der Waals surface area contributed by atoms with Crippen LogP contribution in [0.4, 0.5) is 5.13 Å². The Labute approximate surface area is 222 Å². The number of carbonyl (C=O) groups excluding carboxylic acids is 2. The summed E-state index contributed by atoms with van der Waals surface area (Å²) >= 11 is 1.27. The smallest absolute Gasteiger partial charge is 0.338 e. The van der Waals surface area contributed by atoms with Gasteiger partial charge in [-0.3, -0.25) is 10.1 Å². The Kier molecular flexibility index (Phi) is 7.23. The lowest BCUT2D eigenvalue weighted by Gasteiger charge is -2.12. The summed E-state index contributed by atoms with van der Waals surface area (Å²) in [6.07, 6.45) is 1.57. The van der Waals surface area contributed by atoms with E-state index in [0.29, 0.717) is 27.6 Å². The Bertz CT molecular complexity index is 1590. The lowest BCUT2D eigenvalue weighted by Crippen LogP contribution is -2.20. The van der Waals surface area contributed by atoms with Gasteiger partial charge in [-0.05, 0) is 66.7 Å². The number of hydrogen-bond acceptors (Lipinski definition) is 9. The normalized spacial score (nSPS) is 10.7. The van der Waals surface area contributed by atoms with Crippen molar-refractivity contribution in [1.29, 1.82) is 0 Å². The number of aromatic nitrogens is 3. The second-order valence-electron chi connectivity index (χ2n) is 8.04. The SMILES string of the molecule is COc1ccc(-c2nc3ccc(C(=O)OCC(=O)Nc4nccs4)cc3nc2-c2ccc(OC)cc2)cc1. The summed E-state index contributed by atoms with van der Waals surface area (Å²) in [7, 11) is 3.22. The van der Waals surface area contributed by atoms with Gasteiger partial charge in [-0.2, -0.15) is 0 Å². The highest BCUT2D eigenvalue weighted by Crippen LogP contribution is 2.33. The molecule has 0 spiro atoms. The lowest BCUT2D eigenvalue weighted by molar-refractivity contribution is -0.119. The van der Waals surface area contributed by atoms with E-state index in [9.17, 15) is 9.59 Å². The first-order valence-electron chi connectivity index (χ1n) is 11.5. The number of fused-ring (bicyclic) bond motifs is 1. The fraction of sp³-hybridized carbons (Fsp3) is 0.107. The monoisotopic (exact) mass is 526 g/mol. The van der Waals surface area contributed by atoms with Crippen molar-refractivity contribution >= 4 is 39.4 Å². The molecule has 5 aromatic rings. The highest BCUT2D eigenvalue weighted by molar-refractivity contribution is 7.13. The largest absolute Gasteiger partial charge is 0.497 e. The van der Waals surface area contributed by atoms with Crippen LogP contribution in [0.1, 0.15) is 10.4 Å². The van der Waals surface area contributed by atoms with E-state index in [-0.39, 0.29) is 5.56 Å². The van der Waals surface area contributed by atoms with Gasteiger partial charge in [-0.15, -0.1) is 11.3 Å². The molecule has 190 valence electrons. The van der Waals surface area contributed by atoms with Crippen molar-refractivity contribution in [3.8, 4) is 34.0 Å². The van der Waals surface area contributed by atoms with Crippen LogP contribution in [-0.4, -0.2) is 47.7 Å². The molecule has 0 bridgehead atoms. The van der Waals surface area contributed by atoms with Gasteiger partial charge >= 0.3 is 5.97 Å². The number of hydrogen-bond donors (Lipinski definition) is 1. The quantitative estimate of drug-likeness (QED) is 0.274. The Hall–Kier alpha value is -4.83. The van der Waals surface area contributed by atoms with Crippen molar-refractivity contribution < 1.29 is 23.8 Å². The zero-order chi connectivity index (χ0) is 26.5. The Morgan fingerprint density at radius 3 is 1.97 bits per heavy atom. The molecular weight excluding hydrogens is 504 g/mol. The zero-order valence-corrected chi connectivity index (χ0v) is 21.3. The predicted octanol–water partition coefficient (Wildman–Crippen LogP) is 5.23. The Balaban J connectivity index is 1.47. The van der Waals surface area contributed by atoms with Crippen LogP contribution in [0.15, 0.2) is 78.3 Å². The van der Waals surface area contributed by atoms with E-state index in [1.54, 1.807) is 44.0 Å². The molecule has 0 fully saturated rings. The first kappa shape index (κ1) is 24.8. The Morgan fingerprint density at radius 2 is 1.42 bits per heavy atom. The molecule has 3 aromatic carbocycles. The third-order valence-corrected chi connectivity index (χ3v) is 6.33. The number of amides is 1. The topological polar surface area (TPSA) is 113 Å². The van der Waals surface area contributed by atoms with Crippen molar-refractivity contribution in [1.82, 2.24) is 15.0 Å². The van der Waals surface area contributed by atoms with Crippen LogP contribution in [0.25, 0.3) is 33.5 Å². The van der Waals surface area contributed by atoms with Gasteiger partial charge in [-0.25, -0.2) is 19.7 Å². The van der Waals surface area contributed by atoms with E-state index in [1.165, 1.54) is 11.3 Å². The molecule has 0 aliphatic rings. The van der Waals surface area contributed by atoms with Crippen molar-refractivity contribution in [3.05, 3.63) is 83.9 Å². The number of methoxy groups -OCH3 is 2. The van der Waals surface area contributed by atoms with Gasteiger partial charge in [0, 0.05) is 22.7 Å². The van der Waals surface area contributed by atoms with E-state index >= 15 is 0 Å². The first-order valence-corrected chi connectivity index (χ1v) is 12.4. The molecule has 0 aliphatic carbocycles. The van der Waals surface area contributed by atoms with Crippen LogP contribution in [0.3, 0.4) is 0 Å². The maximum Gasteiger partial charge on any atom is 0.338 e.